The number of aromatic amines is 1. The van der Waals surface area contributed by atoms with E-state index < -0.39 is 6.03 Å². The van der Waals surface area contributed by atoms with Crippen LogP contribution in [-0.2, 0) is 0 Å². The largest absolute Gasteiger partial charge is 0.497 e. The zero-order chi connectivity index (χ0) is 18.4. The van der Waals surface area contributed by atoms with Crippen LogP contribution in [0.25, 0.3) is 10.9 Å². The third-order valence-corrected chi connectivity index (χ3v) is 3.74. The lowest BCUT2D eigenvalue weighted by Crippen LogP contribution is -2.33. The molecule has 2 amide bonds. The van der Waals surface area contributed by atoms with E-state index in [2.05, 4.69) is 15.6 Å². The lowest BCUT2D eigenvalue weighted by molar-refractivity contribution is 0.247. The van der Waals surface area contributed by atoms with Crippen molar-refractivity contribution in [2.24, 2.45) is 0 Å². The van der Waals surface area contributed by atoms with E-state index in [0.29, 0.717) is 29.8 Å². The van der Waals surface area contributed by atoms with Gasteiger partial charge in [-0.2, -0.15) is 0 Å². The molecule has 3 rings (SSSR count). The number of benzene rings is 2. The first-order valence-electron chi connectivity index (χ1n) is 8.09. The van der Waals surface area contributed by atoms with Gasteiger partial charge in [0.2, 0.25) is 5.43 Å². The number of carbonyl (C=O) groups excluding carboxylic acids is 1. The van der Waals surface area contributed by atoms with Crippen molar-refractivity contribution < 1.29 is 14.3 Å². The minimum absolute atomic E-state index is 0.171. The summed E-state index contributed by atoms with van der Waals surface area (Å²) >= 11 is 0. The highest BCUT2D eigenvalue weighted by molar-refractivity contribution is 5.92. The number of rotatable bonds is 6. The summed E-state index contributed by atoms with van der Waals surface area (Å²) in [5.74, 6) is 1.38. The number of para-hydroxylation sites is 1. The molecule has 0 aliphatic rings. The molecule has 0 atom stereocenters. The fourth-order valence-electron chi connectivity index (χ4n) is 2.44. The first-order valence-corrected chi connectivity index (χ1v) is 8.09. The molecule has 0 bridgehead atoms. The number of nitrogens with one attached hydrogen (secondary N) is 3. The van der Waals surface area contributed by atoms with Crippen molar-refractivity contribution in [2.45, 2.75) is 0 Å². The molecule has 0 aliphatic heterocycles. The summed E-state index contributed by atoms with van der Waals surface area (Å²) in [5, 5.41) is 5.66. The zero-order valence-corrected chi connectivity index (χ0v) is 14.2. The van der Waals surface area contributed by atoms with Gasteiger partial charge in [-0.05, 0) is 24.3 Å². The van der Waals surface area contributed by atoms with E-state index in [0.717, 1.165) is 5.75 Å². The molecule has 0 radical (unpaired) electrons. The number of methoxy groups -OCH3 is 1. The normalized spacial score (nSPS) is 10.3. The Labute approximate surface area is 149 Å². The first kappa shape index (κ1) is 17.3. The van der Waals surface area contributed by atoms with Gasteiger partial charge < -0.3 is 25.1 Å². The van der Waals surface area contributed by atoms with Gasteiger partial charge in [-0.1, -0.05) is 18.2 Å². The van der Waals surface area contributed by atoms with Crippen LogP contribution in [0.4, 0.5) is 10.5 Å². The van der Waals surface area contributed by atoms with Crippen LogP contribution in [0.5, 0.6) is 11.5 Å². The number of urea groups is 1. The highest BCUT2D eigenvalue weighted by Crippen LogP contribution is 2.17. The van der Waals surface area contributed by atoms with Crippen LogP contribution in [0.3, 0.4) is 0 Å². The second kappa shape index (κ2) is 8.06. The Balaban J connectivity index is 1.57. The fraction of sp³-hybridized carbons (Fsp3) is 0.158. The van der Waals surface area contributed by atoms with E-state index in [9.17, 15) is 9.59 Å². The lowest BCUT2D eigenvalue weighted by atomic mass is 10.2. The van der Waals surface area contributed by atoms with Crippen LogP contribution >= 0.6 is 0 Å². The topological polar surface area (TPSA) is 92.4 Å². The van der Waals surface area contributed by atoms with Gasteiger partial charge in [0.1, 0.15) is 23.8 Å². The third-order valence-electron chi connectivity index (χ3n) is 3.74. The molecule has 0 unspecified atom stereocenters. The molecule has 3 aromatic rings. The van der Waals surface area contributed by atoms with E-state index in [1.165, 1.54) is 6.20 Å². The summed E-state index contributed by atoms with van der Waals surface area (Å²) in [6.07, 6.45) is 1.46. The van der Waals surface area contributed by atoms with Crippen LogP contribution < -0.4 is 25.5 Å². The molecular formula is C19H19N3O4. The zero-order valence-electron chi connectivity index (χ0n) is 14.2. The molecule has 1 heterocycles. The van der Waals surface area contributed by atoms with Crippen molar-refractivity contribution in [2.75, 3.05) is 25.6 Å². The molecule has 0 saturated heterocycles. The van der Waals surface area contributed by atoms with Crippen LogP contribution in [0, 0.1) is 0 Å². The van der Waals surface area contributed by atoms with E-state index in [1.54, 1.807) is 25.3 Å². The monoisotopic (exact) mass is 353 g/mol. The van der Waals surface area contributed by atoms with Gasteiger partial charge in [0.05, 0.1) is 19.2 Å². The molecule has 1 aromatic heterocycles. The van der Waals surface area contributed by atoms with Crippen LogP contribution in [0.2, 0.25) is 0 Å². The van der Waals surface area contributed by atoms with Crippen molar-refractivity contribution in [1.82, 2.24) is 10.3 Å². The van der Waals surface area contributed by atoms with E-state index in [-0.39, 0.29) is 11.1 Å². The molecule has 2 aromatic carbocycles. The minimum atomic E-state index is -0.472. The third kappa shape index (κ3) is 4.13. The fourth-order valence-corrected chi connectivity index (χ4v) is 2.44. The summed E-state index contributed by atoms with van der Waals surface area (Å²) < 4.78 is 10.6. The van der Waals surface area contributed by atoms with Crippen molar-refractivity contribution >= 4 is 22.6 Å². The molecule has 26 heavy (non-hydrogen) atoms. The second-order valence-corrected chi connectivity index (χ2v) is 5.49. The Morgan fingerprint density at radius 1 is 1.12 bits per heavy atom. The number of ether oxygens (including phenoxy) is 2. The molecule has 7 nitrogen and oxygen atoms in total. The number of H-pyrrole nitrogens is 1. The average molecular weight is 353 g/mol. The molecule has 0 saturated carbocycles. The summed E-state index contributed by atoms with van der Waals surface area (Å²) in [4.78, 5) is 27.4. The van der Waals surface area contributed by atoms with Gasteiger partial charge in [0, 0.05) is 17.6 Å². The number of anilines is 1. The Morgan fingerprint density at radius 2 is 1.92 bits per heavy atom. The number of fused-ring (bicyclic) bond motifs is 1. The molecule has 3 N–H and O–H groups in total. The van der Waals surface area contributed by atoms with Crippen LogP contribution in [-0.4, -0.2) is 31.3 Å². The maximum atomic E-state index is 12.5. The number of amides is 2. The SMILES string of the molecule is COc1ccc2c(=O)c(NC(=O)NCCOc3ccccc3)c[nH]c2c1. The highest BCUT2D eigenvalue weighted by atomic mass is 16.5. The minimum Gasteiger partial charge on any atom is -0.497 e. The Bertz CT molecular complexity index is 954. The summed E-state index contributed by atoms with van der Waals surface area (Å²) in [6.45, 7) is 0.634. The van der Waals surface area contributed by atoms with Crippen molar-refractivity contribution in [1.29, 1.82) is 0 Å². The predicted molar refractivity (Wildman–Crippen MR) is 100 cm³/mol. The number of hydrogen-bond acceptors (Lipinski definition) is 4. The molecular weight excluding hydrogens is 334 g/mol. The van der Waals surface area contributed by atoms with Crippen molar-refractivity contribution in [3.8, 4) is 11.5 Å². The highest BCUT2D eigenvalue weighted by Gasteiger charge is 2.09. The standard InChI is InChI=1S/C19H19N3O4/c1-25-14-7-8-15-16(11-14)21-12-17(18(15)23)22-19(24)20-9-10-26-13-5-3-2-4-6-13/h2-8,11-12H,9-10H2,1H3,(H,21,23)(H2,20,22,24). The Kier molecular flexibility index (Phi) is 5.38. The van der Waals surface area contributed by atoms with Gasteiger partial charge in [0.25, 0.3) is 0 Å². The summed E-state index contributed by atoms with van der Waals surface area (Å²) in [6, 6.07) is 13.9. The maximum absolute atomic E-state index is 12.5. The first-order chi connectivity index (χ1) is 12.7. The molecule has 0 spiro atoms. The molecule has 0 fully saturated rings. The molecule has 0 aliphatic carbocycles. The molecule has 134 valence electrons. The maximum Gasteiger partial charge on any atom is 0.319 e. The van der Waals surface area contributed by atoms with Gasteiger partial charge in [-0.15, -0.1) is 0 Å². The summed E-state index contributed by atoms with van der Waals surface area (Å²) in [7, 11) is 1.56. The van der Waals surface area contributed by atoms with E-state index >= 15 is 0 Å². The molecule has 7 heteroatoms. The Morgan fingerprint density at radius 3 is 2.69 bits per heavy atom. The Hall–Kier alpha value is -3.48. The number of hydrogen-bond donors (Lipinski definition) is 3. The quantitative estimate of drug-likeness (QED) is 0.594. The lowest BCUT2D eigenvalue weighted by Gasteiger charge is -2.09. The smallest absolute Gasteiger partial charge is 0.319 e. The number of carbonyl (C=O) groups is 1. The van der Waals surface area contributed by atoms with Gasteiger partial charge in [0.15, 0.2) is 0 Å². The second-order valence-electron chi connectivity index (χ2n) is 5.49. The van der Waals surface area contributed by atoms with E-state index in [1.807, 2.05) is 30.3 Å². The van der Waals surface area contributed by atoms with Crippen molar-refractivity contribution in [3.63, 3.8) is 0 Å². The average Bonchev–Trinajstić information content (AvgIpc) is 2.68. The number of pyridine rings is 1. The predicted octanol–water partition coefficient (Wildman–Crippen LogP) is 2.74. The van der Waals surface area contributed by atoms with Crippen LogP contribution in [0.15, 0.2) is 59.5 Å². The van der Waals surface area contributed by atoms with E-state index in [4.69, 9.17) is 9.47 Å². The number of aromatic nitrogens is 1. The summed E-state index contributed by atoms with van der Waals surface area (Å²) in [5.41, 5.74) is 0.540. The van der Waals surface area contributed by atoms with Gasteiger partial charge in [-0.25, -0.2) is 4.79 Å². The van der Waals surface area contributed by atoms with Gasteiger partial charge in [-0.3, -0.25) is 4.79 Å². The van der Waals surface area contributed by atoms with Crippen LogP contribution in [0.1, 0.15) is 0 Å². The van der Waals surface area contributed by atoms with Gasteiger partial charge >= 0.3 is 6.03 Å². The van der Waals surface area contributed by atoms with Crippen molar-refractivity contribution in [3.05, 3.63) is 65.0 Å².